The van der Waals surface area contributed by atoms with Crippen molar-refractivity contribution < 1.29 is 8.78 Å². The second kappa shape index (κ2) is 3.93. The Morgan fingerprint density at radius 2 is 1.88 bits per heavy atom. The molecule has 2 aromatic carbocycles. The molecule has 0 saturated carbocycles. The van der Waals surface area contributed by atoms with E-state index >= 15 is 0 Å². The Morgan fingerprint density at radius 1 is 1.06 bits per heavy atom. The molecule has 0 radical (unpaired) electrons. The lowest BCUT2D eigenvalue weighted by atomic mass is 9.98. The largest absolute Gasteiger partial charge is 0.302 e. The maximum Gasteiger partial charge on any atom is 0.128 e. The fourth-order valence-corrected chi connectivity index (χ4v) is 2.33. The van der Waals surface area contributed by atoms with Crippen LogP contribution < -0.4 is 5.32 Å². The molecule has 1 aliphatic heterocycles. The molecule has 1 aliphatic rings. The van der Waals surface area contributed by atoms with Crippen LogP contribution in [0.1, 0.15) is 22.7 Å². The summed E-state index contributed by atoms with van der Waals surface area (Å²) in [5.41, 5.74) is 2.41. The first-order chi connectivity index (χ1) is 8.25. The minimum absolute atomic E-state index is 0.114. The van der Waals surface area contributed by atoms with Gasteiger partial charge in [-0.2, -0.15) is 0 Å². The van der Waals surface area contributed by atoms with Gasteiger partial charge in [0.1, 0.15) is 11.6 Å². The predicted molar refractivity (Wildman–Crippen MR) is 61.5 cm³/mol. The summed E-state index contributed by atoms with van der Waals surface area (Å²) >= 11 is 0. The molecule has 1 nitrogen and oxygen atoms in total. The van der Waals surface area contributed by atoms with Gasteiger partial charge >= 0.3 is 0 Å². The molecule has 0 spiro atoms. The second-order valence-corrected chi connectivity index (χ2v) is 4.18. The summed E-state index contributed by atoms with van der Waals surface area (Å²) < 4.78 is 26.7. The monoisotopic (exact) mass is 231 g/mol. The van der Waals surface area contributed by atoms with E-state index in [2.05, 4.69) is 5.32 Å². The zero-order valence-electron chi connectivity index (χ0n) is 9.08. The average Bonchev–Trinajstić information content (AvgIpc) is 2.74. The lowest BCUT2D eigenvalue weighted by Gasteiger charge is -2.12. The molecule has 0 aromatic heterocycles. The van der Waals surface area contributed by atoms with Crippen molar-refractivity contribution in [3.8, 4) is 0 Å². The van der Waals surface area contributed by atoms with Crippen molar-refractivity contribution in [1.29, 1.82) is 0 Å². The van der Waals surface area contributed by atoms with Gasteiger partial charge in [0.25, 0.3) is 0 Å². The highest BCUT2D eigenvalue weighted by Gasteiger charge is 2.25. The standard InChI is InChI=1S/C14H11F2N/c15-10-4-1-3-9(7-10)14-11-5-2-6-13(16)12(11)8-17-14/h1-7,14,17H,8H2. The molecule has 0 bridgehead atoms. The van der Waals surface area contributed by atoms with Gasteiger partial charge in [-0.1, -0.05) is 24.3 Å². The van der Waals surface area contributed by atoms with E-state index in [1.54, 1.807) is 12.1 Å². The Hall–Kier alpha value is -1.74. The van der Waals surface area contributed by atoms with Crippen molar-refractivity contribution in [3.63, 3.8) is 0 Å². The highest BCUT2D eigenvalue weighted by molar-refractivity contribution is 5.41. The highest BCUT2D eigenvalue weighted by Crippen LogP contribution is 2.32. The number of hydrogen-bond acceptors (Lipinski definition) is 1. The van der Waals surface area contributed by atoms with Crippen LogP contribution in [0.3, 0.4) is 0 Å². The summed E-state index contributed by atoms with van der Waals surface area (Å²) in [5, 5.41) is 3.20. The van der Waals surface area contributed by atoms with E-state index in [1.807, 2.05) is 12.1 Å². The van der Waals surface area contributed by atoms with Crippen molar-refractivity contribution in [1.82, 2.24) is 5.32 Å². The molecule has 2 aromatic rings. The van der Waals surface area contributed by atoms with E-state index < -0.39 is 0 Å². The van der Waals surface area contributed by atoms with Crippen molar-refractivity contribution >= 4 is 0 Å². The summed E-state index contributed by atoms with van der Waals surface area (Å²) in [7, 11) is 0. The normalized spacial score (nSPS) is 18.1. The first-order valence-corrected chi connectivity index (χ1v) is 5.52. The molecule has 17 heavy (non-hydrogen) atoms. The van der Waals surface area contributed by atoms with Crippen LogP contribution in [0.5, 0.6) is 0 Å². The van der Waals surface area contributed by atoms with Crippen LogP contribution in [0.15, 0.2) is 42.5 Å². The lowest BCUT2D eigenvalue weighted by Crippen LogP contribution is -2.13. The highest BCUT2D eigenvalue weighted by atomic mass is 19.1. The number of nitrogens with one attached hydrogen (secondary N) is 1. The predicted octanol–water partition coefficient (Wildman–Crippen LogP) is 3.16. The molecule has 3 heteroatoms. The molecular weight excluding hydrogens is 220 g/mol. The maximum atomic E-state index is 13.5. The average molecular weight is 231 g/mol. The molecule has 0 fully saturated rings. The van der Waals surface area contributed by atoms with Crippen molar-refractivity contribution in [2.75, 3.05) is 0 Å². The third kappa shape index (κ3) is 1.72. The first-order valence-electron chi connectivity index (χ1n) is 5.52. The SMILES string of the molecule is Fc1cccc(C2NCc3c(F)cccc32)c1. The van der Waals surface area contributed by atoms with Crippen LogP contribution in [0, 0.1) is 11.6 Å². The van der Waals surface area contributed by atoms with Crippen LogP contribution in [0.2, 0.25) is 0 Å². The third-order valence-electron chi connectivity index (χ3n) is 3.13. The van der Waals surface area contributed by atoms with E-state index in [0.717, 1.165) is 11.1 Å². The van der Waals surface area contributed by atoms with Crippen molar-refractivity contribution in [3.05, 3.63) is 70.8 Å². The maximum absolute atomic E-state index is 13.5. The summed E-state index contributed by atoms with van der Waals surface area (Å²) in [6, 6.07) is 11.3. The molecule has 0 amide bonds. The minimum atomic E-state index is -0.269. The second-order valence-electron chi connectivity index (χ2n) is 4.18. The Balaban J connectivity index is 2.07. The van der Waals surface area contributed by atoms with E-state index in [0.29, 0.717) is 12.1 Å². The number of hydrogen-bond donors (Lipinski definition) is 1. The van der Waals surface area contributed by atoms with E-state index in [9.17, 15) is 8.78 Å². The minimum Gasteiger partial charge on any atom is -0.302 e. The number of halogens is 2. The molecule has 1 N–H and O–H groups in total. The summed E-state index contributed by atoms with van der Waals surface area (Å²) in [5.74, 6) is -0.469. The van der Waals surface area contributed by atoms with Gasteiger partial charge in [0.15, 0.2) is 0 Å². The fourth-order valence-electron chi connectivity index (χ4n) is 2.33. The van der Waals surface area contributed by atoms with E-state index in [4.69, 9.17) is 0 Å². The van der Waals surface area contributed by atoms with Crippen LogP contribution >= 0.6 is 0 Å². The van der Waals surface area contributed by atoms with Gasteiger partial charge < -0.3 is 5.32 Å². The molecule has 86 valence electrons. The van der Waals surface area contributed by atoms with Crippen LogP contribution in [0.4, 0.5) is 8.78 Å². The van der Waals surface area contributed by atoms with E-state index in [1.165, 1.54) is 18.2 Å². The van der Waals surface area contributed by atoms with Crippen LogP contribution in [-0.4, -0.2) is 0 Å². The molecule has 3 rings (SSSR count). The molecule has 0 aliphatic carbocycles. The molecule has 1 heterocycles. The van der Waals surface area contributed by atoms with Gasteiger partial charge in [-0.15, -0.1) is 0 Å². The Kier molecular flexibility index (Phi) is 2.41. The Morgan fingerprint density at radius 3 is 2.71 bits per heavy atom. The van der Waals surface area contributed by atoms with Gasteiger partial charge in [0.2, 0.25) is 0 Å². The zero-order chi connectivity index (χ0) is 11.8. The number of rotatable bonds is 1. The van der Waals surface area contributed by atoms with Crippen molar-refractivity contribution in [2.45, 2.75) is 12.6 Å². The Bertz CT molecular complexity index is 566. The summed E-state index contributed by atoms with van der Waals surface area (Å²) in [6.45, 7) is 0.489. The van der Waals surface area contributed by atoms with Crippen molar-refractivity contribution in [2.24, 2.45) is 0 Å². The van der Waals surface area contributed by atoms with E-state index in [-0.39, 0.29) is 17.7 Å². The van der Waals surface area contributed by atoms with Gasteiger partial charge in [-0.05, 0) is 29.3 Å². The summed E-state index contributed by atoms with van der Waals surface area (Å²) in [4.78, 5) is 0. The summed E-state index contributed by atoms with van der Waals surface area (Å²) in [6.07, 6.45) is 0. The van der Waals surface area contributed by atoms with Crippen LogP contribution in [0.25, 0.3) is 0 Å². The van der Waals surface area contributed by atoms with Gasteiger partial charge in [-0.3, -0.25) is 0 Å². The number of benzene rings is 2. The molecule has 1 unspecified atom stereocenters. The Labute approximate surface area is 98.1 Å². The van der Waals surface area contributed by atoms with Gasteiger partial charge in [0, 0.05) is 12.1 Å². The number of fused-ring (bicyclic) bond motifs is 1. The lowest BCUT2D eigenvalue weighted by molar-refractivity contribution is 0.601. The zero-order valence-corrected chi connectivity index (χ0v) is 9.08. The topological polar surface area (TPSA) is 12.0 Å². The van der Waals surface area contributed by atoms with Crippen LogP contribution in [-0.2, 0) is 6.54 Å². The molecule has 1 atom stereocenters. The molecular formula is C14H11F2N. The van der Waals surface area contributed by atoms with Gasteiger partial charge in [0.05, 0.1) is 6.04 Å². The quantitative estimate of drug-likeness (QED) is 0.795. The smallest absolute Gasteiger partial charge is 0.128 e. The third-order valence-corrected chi connectivity index (χ3v) is 3.13. The van der Waals surface area contributed by atoms with Gasteiger partial charge in [-0.25, -0.2) is 8.78 Å². The molecule has 0 saturated heterocycles. The fraction of sp³-hybridized carbons (Fsp3) is 0.143. The first kappa shape index (κ1) is 10.4.